The summed E-state index contributed by atoms with van der Waals surface area (Å²) in [6.45, 7) is 10.9. The van der Waals surface area contributed by atoms with Gasteiger partial charge in [-0.25, -0.2) is 0 Å². The molecule has 0 aromatic heterocycles. The van der Waals surface area contributed by atoms with Gasteiger partial charge in [0.05, 0.1) is 6.61 Å². The Bertz CT molecular complexity index is 663. The molecule has 0 heterocycles. The lowest BCUT2D eigenvalue weighted by molar-refractivity contribution is -0.140. The zero-order chi connectivity index (χ0) is 20.4. The van der Waals surface area contributed by atoms with Crippen LogP contribution >= 0.6 is 0 Å². The van der Waals surface area contributed by atoms with Gasteiger partial charge in [0.15, 0.2) is 0 Å². The highest BCUT2D eigenvalue weighted by molar-refractivity contribution is 5.73. The maximum atomic E-state index is 10.8. The first-order valence-electron chi connectivity index (χ1n) is 9.64. The van der Waals surface area contributed by atoms with E-state index in [4.69, 9.17) is 10.2 Å². The van der Waals surface area contributed by atoms with E-state index < -0.39 is 18.6 Å². The van der Waals surface area contributed by atoms with Gasteiger partial charge in [0, 0.05) is 6.54 Å². The second kappa shape index (κ2) is 11.1. The van der Waals surface area contributed by atoms with Crippen LogP contribution in [0.1, 0.15) is 53.9 Å². The number of nitrogens with one attached hydrogen (secondary N) is 1. The zero-order valence-corrected chi connectivity index (χ0v) is 17.4. The lowest BCUT2D eigenvalue weighted by atomic mass is 9.72. The Balaban J connectivity index is 2.62. The number of aliphatic carboxylic acids is 1. The van der Waals surface area contributed by atoms with Crippen molar-refractivity contribution < 1.29 is 15.0 Å². The number of hydrogen-bond donors (Lipinski definition) is 3. The predicted octanol–water partition coefficient (Wildman–Crippen LogP) is 4.55. The Morgan fingerprint density at radius 2 is 1.96 bits per heavy atom. The fraction of sp³-hybridized carbons (Fsp3) is 0.522. The van der Waals surface area contributed by atoms with Crippen LogP contribution in [0.5, 0.6) is 0 Å². The molecule has 1 unspecified atom stereocenters. The van der Waals surface area contributed by atoms with Crippen LogP contribution in [0, 0.1) is 5.41 Å². The van der Waals surface area contributed by atoms with E-state index in [-0.39, 0.29) is 5.41 Å². The average molecular weight is 374 g/mol. The molecule has 0 bridgehead atoms. The molecule has 150 valence electrons. The molecule has 3 N–H and O–H groups in total. The summed E-state index contributed by atoms with van der Waals surface area (Å²) in [4.78, 5) is 10.8. The first-order chi connectivity index (χ1) is 12.7. The molecule has 0 saturated heterocycles. The molecule has 0 aromatic carbocycles. The number of aliphatic hydroxyl groups excluding tert-OH is 1. The number of rotatable bonds is 9. The fourth-order valence-electron chi connectivity index (χ4n) is 3.29. The third-order valence-corrected chi connectivity index (χ3v) is 5.04. The lowest BCUT2D eigenvalue weighted by Crippen LogP contribution is -2.39. The van der Waals surface area contributed by atoms with E-state index in [0.29, 0.717) is 6.54 Å². The Labute approximate surface area is 164 Å². The maximum Gasteiger partial charge on any atom is 0.323 e. The van der Waals surface area contributed by atoms with Gasteiger partial charge in [-0.1, -0.05) is 67.0 Å². The third-order valence-electron chi connectivity index (χ3n) is 5.04. The number of carbonyl (C=O) groups is 1. The summed E-state index contributed by atoms with van der Waals surface area (Å²) in [5, 5.41) is 20.6. The number of carboxylic acids is 1. The van der Waals surface area contributed by atoms with Crippen molar-refractivity contribution in [2.45, 2.75) is 59.9 Å². The topological polar surface area (TPSA) is 69.6 Å². The highest BCUT2D eigenvalue weighted by Gasteiger charge is 2.26. The normalized spacial score (nSPS) is 19.9. The Kier molecular flexibility index (Phi) is 9.47. The van der Waals surface area contributed by atoms with Crippen LogP contribution < -0.4 is 5.32 Å². The summed E-state index contributed by atoms with van der Waals surface area (Å²) < 4.78 is 0. The molecular weight excluding hydrogens is 338 g/mol. The largest absolute Gasteiger partial charge is 0.480 e. The number of allylic oxidation sites excluding steroid dienone is 9. The fourth-order valence-corrected chi connectivity index (χ4v) is 3.29. The van der Waals surface area contributed by atoms with Crippen molar-refractivity contribution in [2.24, 2.45) is 5.41 Å². The van der Waals surface area contributed by atoms with Gasteiger partial charge < -0.3 is 10.2 Å². The van der Waals surface area contributed by atoms with Crippen LogP contribution in [0.4, 0.5) is 0 Å². The minimum Gasteiger partial charge on any atom is -0.480 e. The molecule has 4 nitrogen and oxygen atoms in total. The van der Waals surface area contributed by atoms with Crippen molar-refractivity contribution in [1.82, 2.24) is 5.32 Å². The van der Waals surface area contributed by atoms with E-state index in [1.165, 1.54) is 36.0 Å². The molecule has 0 aliphatic heterocycles. The third kappa shape index (κ3) is 8.10. The molecule has 1 rings (SSSR count). The van der Waals surface area contributed by atoms with Gasteiger partial charge >= 0.3 is 5.97 Å². The molecule has 0 saturated carbocycles. The summed E-state index contributed by atoms with van der Waals surface area (Å²) >= 11 is 0. The predicted molar refractivity (Wildman–Crippen MR) is 113 cm³/mol. The van der Waals surface area contributed by atoms with Crippen molar-refractivity contribution in [2.75, 3.05) is 13.2 Å². The van der Waals surface area contributed by atoms with E-state index >= 15 is 0 Å². The van der Waals surface area contributed by atoms with Crippen LogP contribution in [-0.2, 0) is 4.79 Å². The van der Waals surface area contributed by atoms with Crippen molar-refractivity contribution in [1.29, 1.82) is 0 Å². The van der Waals surface area contributed by atoms with Crippen LogP contribution in [0.2, 0.25) is 0 Å². The van der Waals surface area contributed by atoms with Crippen molar-refractivity contribution in [3.8, 4) is 0 Å². The lowest BCUT2D eigenvalue weighted by Gasteiger charge is -2.32. The molecular formula is C23H35NO3. The SMILES string of the molecule is CC1=C(/C=C/C(C)=C/C=C/C(C)=C/CNC(CO)C(=O)O)C(C)(C)CCC1. The quantitative estimate of drug-likeness (QED) is 0.519. The number of aliphatic hydroxyl groups is 1. The maximum absolute atomic E-state index is 10.8. The van der Waals surface area contributed by atoms with Gasteiger partial charge in [-0.2, -0.15) is 0 Å². The molecule has 0 fully saturated rings. The molecule has 1 atom stereocenters. The van der Waals surface area contributed by atoms with Gasteiger partial charge in [0.2, 0.25) is 0 Å². The summed E-state index contributed by atoms with van der Waals surface area (Å²) in [6, 6.07) is -0.924. The molecule has 0 spiro atoms. The second-order valence-electron chi connectivity index (χ2n) is 7.96. The van der Waals surface area contributed by atoms with Crippen molar-refractivity contribution >= 4 is 5.97 Å². The summed E-state index contributed by atoms with van der Waals surface area (Å²) in [6.07, 6.45) is 16.1. The molecule has 0 amide bonds. The standard InChI is InChI=1S/C23H35NO3/c1-17(11-12-20-19(3)10-7-14-23(20,4)5)8-6-9-18(2)13-15-24-21(16-25)22(26)27/h6,8-9,11-13,21,24-25H,7,10,14-16H2,1-5H3,(H,26,27)/b9-6+,12-11+,17-8+,18-13+. The molecule has 1 aliphatic carbocycles. The summed E-state index contributed by atoms with van der Waals surface area (Å²) in [7, 11) is 0. The first kappa shape index (κ1) is 23.1. The Morgan fingerprint density at radius 1 is 1.26 bits per heavy atom. The molecule has 0 radical (unpaired) electrons. The van der Waals surface area contributed by atoms with Gasteiger partial charge in [-0.3, -0.25) is 10.1 Å². The smallest absolute Gasteiger partial charge is 0.323 e. The molecule has 1 aliphatic rings. The number of carboxylic acid groups (broad SMARTS) is 1. The van der Waals surface area contributed by atoms with Gasteiger partial charge in [-0.05, 0) is 51.0 Å². The van der Waals surface area contributed by atoms with Crippen molar-refractivity contribution in [3.63, 3.8) is 0 Å². The van der Waals surface area contributed by atoms with Crippen LogP contribution in [-0.4, -0.2) is 35.4 Å². The van der Waals surface area contributed by atoms with Gasteiger partial charge in [0.1, 0.15) is 6.04 Å². The zero-order valence-electron chi connectivity index (χ0n) is 17.4. The summed E-state index contributed by atoms with van der Waals surface area (Å²) in [5.74, 6) is -1.05. The van der Waals surface area contributed by atoms with Crippen LogP contribution in [0.3, 0.4) is 0 Å². The minimum absolute atomic E-state index is 0.254. The molecule has 27 heavy (non-hydrogen) atoms. The van der Waals surface area contributed by atoms with E-state index in [9.17, 15) is 4.79 Å². The molecule has 4 heteroatoms. The van der Waals surface area contributed by atoms with Gasteiger partial charge in [0.25, 0.3) is 0 Å². The van der Waals surface area contributed by atoms with E-state index in [1.807, 2.05) is 25.2 Å². The van der Waals surface area contributed by atoms with Gasteiger partial charge in [-0.15, -0.1) is 0 Å². The van der Waals surface area contributed by atoms with E-state index in [0.717, 1.165) is 5.57 Å². The highest BCUT2D eigenvalue weighted by atomic mass is 16.4. The average Bonchev–Trinajstić information content (AvgIpc) is 2.57. The first-order valence-corrected chi connectivity index (χ1v) is 9.64. The van der Waals surface area contributed by atoms with Crippen LogP contribution in [0.25, 0.3) is 0 Å². The second-order valence-corrected chi connectivity index (χ2v) is 7.96. The Morgan fingerprint density at radius 3 is 2.56 bits per heavy atom. The highest BCUT2D eigenvalue weighted by Crippen LogP contribution is 2.40. The Hall–Kier alpha value is -1.91. The monoisotopic (exact) mass is 373 g/mol. The summed E-state index contributed by atoms with van der Waals surface area (Å²) in [5.41, 5.74) is 5.43. The van der Waals surface area contributed by atoms with E-state index in [2.05, 4.69) is 51.2 Å². The minimum atomic E-state index is -1.05. The number of hydrogen-bond acceptors (Lipinski definition) is 3. The van der Waals surface area contributed by atoms with Crippen molar-refractivity contribution in [3.05, 3.63) is 58.7 Å². The van der Waals surface area contributed by atoms with E-state index in [1.54, 1.807) is 0 Å². The van der Waals surface area contributed by atoms with Crippen LogP contribution in [0.15, 0.2) is 58.7 Å². The molecule has 0 aromatic rings.